The highest BCUT2D eigenvalue weighted by Gasteiger charge is 2.17. The van der Waals surface area contributed by atoms with E-state index in [0.29, 0.717) is 20.8 Å². The Bertz CT molecular complexity index is 601. The van der Waals surface area contributed by atoms with E-state index in [0.717, 1.165) is 11.1 Å². The van der Waals surface area contributed by atoms with E-state index < -0.39 is 6.04 Å². The number of hydrogen-bond acceptors (Lipinski definition) is 2. The summed E-state index contributed by atoms with van der Waals surface area (Å²) >= 11 is 18.0. The van der Waals surface area contributed by atoms with Crippen molar-refractivity contribution in [2.45, 2.75) is 6.04 Å². The minimum atomic E-state index is -0.406. The monoisotopic (exact) mass is 315 g/mol. The zero-order valence-corrected chi connectivity index (χ0v) is 12.4. The number of hydrogen-bond donors (Lipinski definition) is 1. The van der Waals surface area contributed by atoms with Crippen molar-refractivity contribution in [3.63, 3.8) is 0 Å². The summed E-state index contributed by atoms with van der Waals surface area (Å²) in [5.74, 6) is 0.631. The molecule has 1 unspecified atom stereocenters. The molecule has 1 atom stereocenters. The summed E-state index contributed by atoms with van der Waals surface area (Å²) in [5, 5.41) is 1.69. The predicted molar refractivity (Wildman–Crippen MR) is 80.5 cm³/mol. The number of ether oxygens (including phenoxy) is 1. The SMILES string of the molecule is COc1cc(Cl)ccc1C(N)c1ccc(Cl)cc1Cl. The Morgan fingerprint density at radius 1 is 0.947 bits per heavy atom. The van der Waals surface area contributed by atoms with E-state index >= 15 is 0 Å². The first-order valence-corrected chi connectivity index (χ1v) is 6.70. The van der Waals surface area contributed by atoms with Crippen LogP contribution in [-0.4, -0.2) is 7.11 Å². The van der Waals surface area contributed by atoms with Gasteiger partial charge in [-0.3, -0.25) is 0 Å². The van der Waals surface area contributed by atoms with E-state index in [-0.39, 0.29) is 0 Å². The van der Waals surface area contributed by atoms with Crippen LogP contribution in [0.1, 0.15) is 17.2 Å². The van der Waals surface area contributed by atoms with Crippen LogP contribution in [-0.2, 0) is 0 Å². The molecule has 5 heteroatoms. The first-order valence-electron chi connectivity index (χ1n) is 5.57. The zero-order valence-electron chi connectivity index (χ0n) is 10.2. The van der Waals surface area contributed by atoms with Crippen molar-refractivity contribution in [2.24, 2.45) is 5.73 Å². The number of halogens is 3. The van der Waals surface area contributed by atoms with Gasteiger partial charge in [-0.2, -0.15) is 0 Å². The lowest BCUT2D eigenvalue weighted by atomic mass is 9.98. The summed E-state index contributed by atoms with van der Waals surface area (Å²) in [6, 6.07) is 10.1. The molecule has 0 aromatic heterocycles. The number of nitrogens with two attached hydrogens (primary N) is 1. The molecule has 0 fully saturated rings. The van der Waals surface area contributed by atoms with Gasteiger partial charge in [-0.25, -0.2) is 0 Å². The van der Waals surface area contributed by atoms with Crippen LogP contribution in [0.2, 0.25) is 15.1 Å². The van der Waals surface area contributed by atoms with Gasteiger partial charge in [-0.05, 0) is 29.8 Å². The summed E-state index contributed by atoms with van der Waals surface area (Å²) in [7, 11) is 1.57. The molecule has 0 amide bonds. The van der Waals surface area contributed by atoms with Crippen molar-refractivity contribution < 1.29 is 4.74 Å². The molecular weight excluding hydrogens is 305 g/mol. The van der Waals surface area contributed by atoms with Crippen molar-refractivity contribution in [3.8, 4) is 5.75 Å². The maximum absolute atomic E-state index is 6.24. The molecule has 0 aliphatic heterocycles. The lowest BCUT2D eigenvalue weighted by molar-refractivity contribution is 0.408. The van der Waals surface area contributed by atoms with Gasteiger partial charge in [0.25, 0.3) is 0 Å². The molecule has 0 saturated heterocycles. The molecule has 2 aromatic rings. The molecule has 0 spiro atoms. The number of methoxy groups -OCH3 is 1. The van der Waals surface area contributed by atoms with Gasteiger partial charge in [-0.1, -0.05) is 46.9 Å². The Hall–Kier alpha value is -0.930. The van der Waals surface area contributed by atoms with Gasteiger partial charge < -0.3 is 10.5 Å². The van der Waals surface area contributed by atoms with Crippen LogP contribution in [0.3, 0.4) is 0 Å². The Balaban J connectivity index is 2.46. The minimum absolute atomic E-state index is 0.406. The lowest BCUT2D eigenvalue weighted by Crippen LogP contribution is -2.13. The van der Waals surface area contributed by atoms with E-state index in [1.165, 1.54) is 0 Å². The maximum Gasteiger partial charge on any atom is 0.125 e. The number of rotatable bonds is 3. The molecule has 19 heavy (non-hydrogen) atoms. The zero-order chi connectivity index (χ0) is 14.0. The maximum atomic E-state index is 6.24. The Labute approximate surface area is 127 Å². The second-order valence-electron chi connectivity index (χ2n) is 4.03. The molecule has 100 valence electrons. The topological polar surface area (TPSA) is 35.2 Å². The third-order valence-corrected chi connectivity index (χ3v) is 3.63. The molecule has 2 nitrogen and oxygen atoms in total. The van der Waals surface area contributed by atoms with E-state index in [1.807, 2.05) is 12.1 Å². The first-order chi connectivity index (χ1) is 9.02. The van der Waals surface area contributed by atoms with Crippen molar-refractivity contribution in [2.75, 3.05) is 7.11 Å². The largest absolute Gasteiger partial charge is 0.496 e. The minimum Gasteiger partial charge on any atom is -0.496 e. The molecule has 2 N–H and O–H groups in total. The van der Waals surface area contributed by atoms with E-state index in [1.54, 1.807) is 31.4 Å². The quantitative estimate of drug-likeness (QED) is 0.890. The lowest BCUT2D eigenvalue weighted by Gasteiger charge is -2.17. The molecule has 2 rings (SSSR count). The van der Waals surface area contributed by atoms with E-state index in [9.17, 15) is 0 Å². The molecule has 0 bridgehead atoms. The molecule has 0 radical (unpaired) electrons. The van der Waals surface area contributed by atoms with Gasteiger partial charge in [0.2, 0.25) is 0 Å². The Kier molecular flexibility index (Phi) is 4.58. The Morgan fingerprint density at radius 3 is 2.11 bits per heavy atom. The standard InChI is InChI=1S/C14H12Cl3NO/c1-19-13-7-9(16)3-5-11(13)14(18)10-4-2-8(15)6-12(10)17/h2-7,14H,18H2,1H3. The molecule has 0 aliphatic rings. The molecular formula is C14H12Cl3NO. The van der Waals surface area contributed by atoms with Crippen molar-refractivity contribution >= 4 is 34.8 Å². The van der Waals surface area contributed by atoms with Crippen LogP contribution in [0.4, 0.5) is 0 Å². The predicted octanol–water partition coefficient (Wildman–Crippen LogP) is 4.70. The average Bonchev–Trinajstić information content (AvgIpc) is 2.37. The fraction of sp³-hybridized carbons (Fsp3) is 0.143. The van der Waals surface area contributed by atoms with Gasteiger partial charge in [0.1, 0.15) is 5.75 Å². The summed E-state index contributed by atoms with van der Waals surface area (Å²) in [5.41, 5.74) is 7.84. The van der Waals surface area contributed by atoms with Gasteiger partial charge in [0.15, 0.2) is 0 Å². The van der Waals surface area contributed by atoms with Crippen LogP contribution < -0.4 is 10.5 Å². The molecule has 2 aromatic carbocycles. The third kappa shape index (κ3) is 3.15. The fourth-order valence-corrected chi connectivity index (χ4v) is 2.55. The normalized spacial score (nSPS) is 12.3. The highest BCUT2D eigenvalue weighted by Crippen LogP contribution is 2.34. The molecule has 0 aliphatic carbocycles. The third-order valence-electron chi connectivity index (χ3n) is 2.83. The van der Waals surface area contributed by atoms with Crippen LogP contribution in [0, 0.1) is 0 Å². The average molecular weight is 317 g/mol. The highest BCUT2D eigenvalue weighted by atomic mass is 35.5. The molecule has 0 saturated carbocycles. The van der Waals surface area contributed by atoms with Crippen molar-refractivity contribution in [3.05, 3.63) is 62.6 Å². The van der Waals surface area contributed by atoms with Gasteiger partial charge in [0.05, 0.1) is 13.2 Å². The smallest absolute Gasteiger partial charge is 0.125 e. The summed E-state index contributed by atoms with van der Waals surface area (Å²) in [6.45, 7) is 0. The van der Waals surface area contributed by atoms with Crippen LogP contribution in [0.15, 0.2) is 36.4 Å². The second-order valence-corrected chi connectivity index (χ2v) is 5.31. The fourth-order valence-electron chi connectivity index (χ4n) is 1.86. The van der Waals surface area contributed by atoms with Gasteiger partial charge in [0, 0.05) is 20.6 Å². The Morgan fingerprint density at radius 2 is 1.53 bits per heavy atom. The summed E-state index contributed by atoms with van der Waals surface area (Å²) < 4.78 is 5.30. The van der Waals surface area contributed by atoms with Crippen LogP contribution in [0.25, 0.3) is 0 Å². The summed E-state index contributed by atoms with van der Waals surface area (Å²) in [4.78, 5) is 0. The van der Waals surface area contributed by atoms with Gasteiger partial charge >= 0.3 is 0 Å². The first kappa shape index (κ1) is 14.5. The van der Waals surface area contributed by atoms with E-state index in [2.05, 4.69) is 0 Å². The van der Waals surface area contributed by atoms with Crippen LogP contribution in [0.5, 0.6) is 5.75 Å². The second kappa shape index (κ2) is 6.02. The highest BCUT2D eigenvalue weighted by molar-refractivity contribution is 6.35. The van der Waals surface area contributed by atoms with E-state index in [4.69, 9.17) is 45.3 Å². The molecule has 0 heterocycles. The number of benzene rings is 2. The van der Waals surface area contributed by atoms with Gasteiger partial charge in [-0.15, -0.1) is 0 Å². The van der Waals surface area contributed by atoms with Crippen molar-refractivity contribution in [1.29, 1.82) is 0 Å². The summed E-state index contributed by atoms with van der Waals surface area (Å²) in [6.07, 6.45) is 0. The van der Waals surface area contributed by atoms with Crippen LogP contribution >= 0.6 is 34.8 Å². The van der Waals surface area contributed by atoms with Crippen molar-refractivity contribution in [1.82, 2.24) is 0 Å².